The van der Waals surface area contributed by atoms with Gasteiger partial charge in [-0.2, -0.15) is 0 Å². The molecule has 0 bridgehead atoms. The normalized spacial score (nSPS) is 20.2. The van der Waals surface area contributed by atoms with Crippen molar-refractivity contribution in [2.24, 2.45) is 0 Å². The van der Waals surface area contributed by atoms with Crippen molar-refractivity contribution in [1.82, 2.24) is 5.32 Å². The van der Waals surface area contributed by atoms with Crippen molar-refractivity contribution in [3.05, 3.63) is 34.9 Å². The zero-order valence-corrected chi connectivity index (χ0v) is 10.8. The summed E-state index contributed by atoms with van der Waals surface area (Å²) in [6.07, 6.45) is 4.27. The van der Waals surface area contributed by atoms with E-state index < -0.39 is 0 Å². The third-order valence-corrected chi connectivity index (χ3v) is 3.54. The average molecular weight is 231 g/mol. The van der Waals surface area contributed by atoms with Crippen LogP contribution in [0.2, 0.25) is 0 Å². The van der Waals surface area contributed by atoms with Gasteiger partial charge in [0.15, 0.2) is 5.78 Å². The highest BCUT2D eigenvalue weighted by atomic mass is 16.1. The Morgan fingerprint density at radius 3 is 2.88 bits per heavy atom. The highest BCUT2D eigenvalue weighted by Crippen LogP contribution is 2.17. The maximum Gasteiger partial charge on any atom is 0.164 e. The van der Waals surface area contributed by atoms with E-state index >= 15 is 0 Å². The van der Waals surface area contributed by atoms with Gasteiger partial charge in [-0.3, -0.25) is 4.79 Å². The smallest absolute Gasteiger partial charge is 0.164 e. The van der Waals surface area contributed by atoms with Gasteiger partial charge in [-0.15, -0.1) is 0 Å². The van der Waals surface area contributed by atoms with Gasteiger partial charge >= 0.3 is 0 Å². The molecule has 0 spiro atoms. The van der Waals surface area contributed by atoms with E-state index in [0.29, 0.717) is 12.5 Å². The van der Waals surface area contributed by atoms with Crippen LogP contribution in [-0.2, 0) is 0 Å². The lowest BCUT2D eigenvalue weighted by molar-refractivity contribution is 0.0963. The SMILES string of the molecule is Cc1ccc(C)c(C(=O)CC2CCCCN2)c1. The topological polar surface area (TPSA) is 29.1 Å². The van der Waals surface area contributed by atoms with Gasteiger partial charge in [0, 0.05) is 18.0 Å². The maximum atomic E-state index is 12.2. The maximum absolute atomic E-state index is 12.2. The fourth-order valence-electron chi connectivity index (χ4n) is 2.47. The Morgan fingerprint density at radius 2 is 2.18 bits per heavy atom. The summed E-state index contributed by atoms with van der Waals surface area (Å²) in [6, 6.07) is 6.50. The fraction of sp³-hybridized carbons (Fsp3) is 0.533. The number of rotatable bonds is 3. The lowest BCUT2D eigenvalue weighted by Crippen LogP contribution is -2.35. The molecule has 17 heavy (non-hydrogen) atoms. The summed E-state index contributed by atoms with van der Waals surface area (Å²) in [4.78, 5) is 12.2. The number of carbonyl (C=O) groups is 1. The van der Waals surface area contributed by atoms with Crippen LogP contribution in [0.25, 0.3) is 0 Å². The molecule has 0 amide bonds. The number of benzene rings is 1. The molecular weight excluding hydrogens is 210 g/mol. The number of piperidine rings is 1. The van der Waals surface area contributed by atoms with E-state index in [4.69, 9.17) is 0 Å². The van der Waals surface area contributed by atoms with Crippen molar-refractivity contribution < 1.29 is 4.79 Å². The monoisotopic (exact) mass is 231 g/mol. The van der Waals surface area contributed by atoms with Gasteiger partial charge in [-0.25, -0.2) is 0 Å². The lowest BCUT2D eigenvalue weighted by Gasteiger charge is -2.23. The molecule has 92 valence electrons. The molecule has 1 saturated heterocycles. The molecule has 0 aliphatic carbocycles. The second kappa shape index (κ2) is 5.46. The van der Waals surface area contributed by atoms with Crippen LogP contribution >= 0.6 is 0 Å². The van der Waals surface area contributed by atoms with Gasteiger partial charge in [-0.05, 0) is 44.9 Å². The molecule has 1 aromatic rings. The van der Waals surface area contributed by atoms with E-state index in [0.717, 1.165) is 29.7 Å². The van der Waals surface area contributed by atoms with Crippen molar-refractivity contribution in [3.8, 4) is 0 Å². The minimum Gasteiger partial charge on any atom is -0.314 e. The van der Waals surface area contributed by atoms with E-state index in [2.05, 4.69) is 11.4 Å². The molecule has 1 aliphatic heterocycles. The van der Waals surface area contributed by atoms with Crippen molar-refractivity contribution in [2.45, 2.75) is 45.6 Å². The quantitative estimate of drug-likeness (QED) is 0.810. The van der Waals surface area contributed by atoms with Gasteiger partial charge < -0.3 is 5.32 Å². The van der Waals surface area contributed by atoms with Gasteiger partial charge in [-0.1, -0.05) is 24.1 Å². The molecular formula is C15H21NO. The Labute approximate surface area is 103 Å². The molecule has 1 aromatic carbocycles. The molecule has 2 rings (SSSR count). The second-order valence-corrected chi connectivity index (χ2v) is 5.09. The highest BCUT2D eigenvalue weighted by Gasteiger charge is 2.18. The molecule has 0 aromatic heterocycles. The number of carbonyl (C=O) groups excluding carboxylic acids is 1. The summed E-state index contributed by atoms with van der Waals surface area (Å²) < 4.78 is 0. The van der Waals surface area contributed by atoms with Crippen LogP contribution in [0.5, 0.6) is 0 Å². The van der Waals surface area contributed by atoms with E-state index in [1.807, 2.05) is 26.0 Å². The third-order valence-electron chi connectivity index (χ3n) is 3.54. The zero-order chi connectivity index (χ0) is 12.3. The Morgan fingerprint density at radius 1 is 1.35 bits per heavy atom. The first-order valence-corrected chi connectivity index (χ1v) is 6.50. The molecule has 2 nitrogen and oxygen atoms in total. The molecule has 1 fully saturated rings. The summed E-state index contributed by atoms with van der Waals surface area (Å²) in [6.45, 7) is 5.11. The summed E-state index contributed by atoms with van der Waals surface area (Å²) >= 11 is 0. The minimum absolute atomic E-state index is 0.283. The summed E-state index contributed by atoms with van der Waals surface area (Å²) in [7, 11) is 0. The largest absolute Gasteiger partial charge is 0.314 e. The number of ketones is 1. The van der Waals surface area contributed by atoms with Gasteiger partial charge in [0.05, 0.1) is 0 Å². The van der Waals surface area contributed by atoms with Gasteiger partial charge in [0.2, 0.25) is 0 Å². The highest BCUT2D eigenvalue weighted by molar-refractivity contribution is 5.97. The van der Waals surface area contributed by atoms with Gasteiger partial charge in [0.25, 0.3) is 0 Å². The first-order chi connectivity index (χ1) is 8.16. The molecule has 2 heteroatoms. The second-order valence-electron chi connectivity index (χ2n) is 5.09. The Bertz CT molecular complexity index is 405. The standard InChI is InChI=1S/C15H21NO/c1-11-6-7-12(2)14(9-11)15(17)10-13-5-3-4-8-16-13/h6-7,9,13,16H,3-5,8,10H2,1-2H3. The van der Waals surface area contributed by atoms with Crippen LogP contribution in [0.4, 0.5) is 0 Å². The predicted molar refractivity (Wildman–Crippen MR) is 70.5 cm³/mol. The third kappa shape index (κ3) is 3.16. The van der Waals surface area contributed by atoms with Crippen LogP contribution in [-0.4, -0.2) is 18.4 Å². The van der Waals surface area contributed by atoms with Crippen LogP contribution in [0.3, 0.4) is 0 Å². The van der Waals surface area contributed by atoms with Crippen LogP contribution < -0.4 is 5.32 Å². The van der Waals surface area contributed by atoms with Crippen molar-refractivity contribution in [3.63, 3.8) is 0 Å². The van der Waals surface area contributed by atoms with E-state index in [9.17, 15) is 4.79 Å². The molecule has 1 aliphatic rings. The van der Waals surface area contributed by atoms with E-state index in [1.54, 1.807) is 0 Å². The Balaban J connectivity index is 2.05. The lowest BCUT2D eigenvalue weighted by atomic mass is 9.94. The molecule has 0 saturated carbocycles. The van der Waals surface area contributed by atoms with Gasteiger partial charge in [0.1, 0.15) is 0 Å². The Kier molecular flexibility index (Phi) is 3.95. The predicted octanol–water partition coefficient (Wildman–Crippen LogP) is 3.02. The van der Waals surface area contributed by atoms with E-state index in [-0.39, 0.29) is 5.78 Å². The summed E-state index contributed by atoms with van der Waals surface area (Å²) in [5.74, 6) is 0.283. The molecule has 1 atom stereocenters. The van der Waals surface area contributed by atoms with Crippen LogP contribution in [0.1, 0.15) is 47.2 Å². The zero-order valence-electron chi connectivity index (χ0n) is 10.8. The number of nitrogens with one attached hydrogen (secondary N) is 1. The average Bonchev–Trinajstić information content (AvgIpc) is 2.33. The summed E-state index contributed by atoms with van der Waals surface area (Å²) in [5, 5.41) is 3.43. The Hall–Kier alpha value is -1.15. The van der Waals surface area contributed by atoms with Crippen LogP contribution in [0.15, 0.2) is 18.2 Å². The molecule has 1 heterocycles. The van der Waals surface area contributed by atoms with Crippen molar-refractivity contribution in [2.75, 3.05) is 6.54 Å². The first kappa shape index (κ1) is 12.3. The van der Waals surface area contributed by atoms with Crippen LogP contribution in [0, 0.1) is 13.8 Å². The fourth-order valence-corrected chi connectivity index (χ4v) is 2.47. The minimum atomic E-state index is 0.283. The van der Waals surface area contributed by atoms with Crippen molar-refractivity contribution >= 4 is 5.78 Å². The first-order valence-electron chi connectivity index (χ1n) is 6.50. The molecule has 1 N–H and O–H groups in total. The van der Waals surface area contributed by atoms with E-state index in [1.165, 1.54) is 12.8 Å². The number of aryl methyl sites for hydroxylation is 2. The van der Waals surface area contributed by atoms with Crippen molar-refractivity contribution in [1.29, 1.82) is 0 Å². The summed E-state index contributed by atoms with van der Waals surface area (Å²) in [5.41, 5.74) is 3.16. The number of hydrogen-bond donors (Lipinski definition) is 1. The number of hydrogen-bond acceptors (Lipinski definition) is 2. The number of Topliss-reactive ketones (excluding diaryl/α,β-unsaturated/α-hetero) is 1. The molecule has 1 unspecified atom stereocenters. The molecule has 0 radical (unpaired) electrons.